The largest absolute Gasteiger partial charge is 0.493 e. The Morgan fingerprint density at radius 1 is 1.33 bits per heavy atom. The zero-order valence-electron chi connectivity index (χ0n) is 12.1. The number of carboxylic acid groups (broad SMARTS) is 1. The molecule has 5 heteroatoms. The molecule has 1 aromatic carbocycles. The molecule has 5 nitrogen and oxygen atoms in total. The van der Waals surface area contributed by atoms with Crippen molar-refractivity contribution in [2.45, 2.75) is 26.3 Å². The quantitative estimate of drug-likeness (QED) is 0.752. The average Bonchev–Trinajstić information content (AvgIpc) is 2.45. The first kappa shape index (κ1) is 16.6. The molecule has 0 fully saturated rings. The van der Waals surface area contributed by atoms with Crippen LogP contribution < -0.4 is 10.1 Å². The number of benzene rings is 1. The van der Waals surface area contributed by atoms with Gasteiger partial charge in [0.1, 0.15) is 11.8 Å². The van der Waals surface area contributed by atoms with Crippen molar-refractivity contribution in [2.75, 3.05) is 6.61 Å². The smallest absolute Gasteiger partial charge is 0.327 e. The number of carbonyl (C=O) groups is 2. The predicted molar refractivity (Wildman–Crippen MR) is 79.1 cm³/mol. The van der Waals surface area contributed by atoms with E-state index in [0.29, 0.717) is 23.8 Å². The van der Waals surface area contributed by atoms with Gasteiger partial charge in [-0.25, -0.2) is 4.79 Å². The van der Waals surface area contributed by atoms with Gasteiger partial charge in [-0.15, -0.1) is 12.3 Å². The minimum absolute atomic E-state index is 0.0589. The topological polar surface area (TPSA) is 75.6 Å². The van der Waals surface area contributed by atoms with E-state index >= 15 is 0 Å². The van der Waals surface area contributed by atoms with E-state index in [-0.39, 0.29) is 6.42 Å². The number of nitrogens with one attached hydrogen (secondary N) is 1. The molecule has 0 radical (unpaired) electrons. The van der Waals surface area contributed by atoms with Gasteiger partial charge in [0.05, 0.1) is 6.61 Å². The molecule has 1 atom stereocenters. The van der Waals surface area contributed by atoms with Crippen LogP contribution in [0.2, 0.25) is 0 Å². The zero-order chi connectivity index (χ0) is 15.8. The third-order valence-electron chi connectivity index (χ3n) is 2.63. The van der Waals surface area contributed by atoms with Crippen LogP contribution in [0.25, 0.3) is 0 Å². The Morgan fingerprint density at radius 2 is 1.95 bits per heavy atom. The molecule has 1 rings (SSSR count). The minimum Gasteiger partial charge on any atom is -0.493 e. The van der Waals surface area contributed by atoms with Crippen molar-refractivity contribution < 1.29 is 19.4 Å². The van der Waals surface area contributed by atoms with E-state index in [9.17, 15) is 9.59 Å². The fourth-order valence-corrected chi connectivity index (χ4v) is 1.52. The molecule has 0 spiro atoms. The van der Waals surface area contributed by atoms with Crippen molar-refractivity contribution in [3.05, 3.63) is 29.8 Å². The standard InChI is InChI=1S/C16H19NO4/c1-4-5-14(16(19)20)17-15(18)12-6-8-13(9-7-12)21-10-11(2)3/h1,6-9,11,14H,5,10H2,2-3H3,(H,17,18)(H,19,20). The van der Waals surface area contributed by atoms with Crippen LogP contribution in [0.15, 0.2) is 24.3 Å². The number of amides is 1. The summed E-state index contributed by atoms with van der Waals surface area (Å²) in [6.07, 6.45) is 5.02. The summed E-state index contributed by atoms with van der Waals surface area (Å²) in [6.45, 7) is 4.67. The van der Waals surface area contributed by atoms with E-state index in [1.54, 1.807) is 24.3 Å². The van der Waals surface area contributed by atoms with Gasteiger partial charge in [0.2, 0.25) is 0 Å². The third-order valence-corrected chi connectivity index (χ3v) is 2.63. The summed E-state index contributed by atoms with van der Waals surface area (Å²) < 4.78 is 5.51. The Hall–Kier alpha value is -2.48. The van der Waals surface area contributed by atoms with E-state index in [1.165, 1.54) is 0 Å². The van der Waals surface area contributed by atoms with Crippen molar-refractivity contribution in [2.24, 2.45) is 5.92 Å². The van der Waals surface area contributed by atoms with Gasteiger partial charge in [0, 0.05) is 12.0 Å². The highest BCUT2D eigenvalue weighted by Gasteiger charge is 2.19. The second-order valence-electron chi connectivity index (χ2n) is 5.00. The molecule has 0 aliphatic carbocycles. The SMILES string of the molecule is C#CCC(NC(=O)c1ccc(OCC(C)C)cc1)C(=O)O. The first-order chi connectivity index (χ1) is 9.93. The summed E-state index contributed by atoms with van der Waals surface area (Å²) in [5, 5.41) is 11.3. The summed E-state index contributed by atoms with van der Waals surface area (Å²) in [5.74, 6) is 1.67. The summed E-state index contributed by atoms with van der Waals surface area (Å²) >= 11 is 0. The minimum atomic E-state index is -1.15. The fraction of sp³-hybridized carbons (Fsp3) is 0.375. The highest BCUT2D eigenvalue weighted by Crippen LogP contribution is 2.13. The van der Waals surface area contributed by atoms with Crippen LogP contribution in [0.1, 0.15) is 30.6 Å². The van der Waals surface area contributed by atoms with Crippen molar-refractivity contribution in [3.8, 4) is 18.1 Å². The van der Waals surface area contributed by atoms with Gasteiger partial charge in [-0.1, -0.05) is 13.8 Å². The Labute approximate surface area is 124 Å². The van der Waals surface area contributed by atoms with Crippen LogP contribution in [-0.4, -0.2) is 29.6 Å². The van der Waals surface area contributed by atoms with E-state index in [1.807, 2.05) is 13.8 Å². The fourth-order valence-electron chi connectivity index (χ4n) is 1.52. The van der Waals surface area contributed by atoms with Crippen LogP contribution in [0, 0.1) is 18.3 Å². The van der Waals surface area contributed by atoms with Crippen molar-refractivity contribution >= 4 is 11.9 Å². The maximum atomic E-state index is 11.9. The number of terminal acetylenes is 1. The Bertz CT molecular complexity index is 528. The molecule has 0 saturated carbocycles. The van der Waals surface area contributed by atoms with E-state index in [4.69, 9.17) is 16.3 Å². The van der Waals surface area contributed by atoms with Gasteiger partial charge in [-0.05, 0) is 30.2 Å². The normalized spacial score (nSPS) is 11.5. The van der Waals surface area contributed by atoms with Gasteiger partial charge in [-0.3, -0.25) is 4.79 Å². The number of carbonyl (C=O) groups excluding carboxylic acids is 1. The summed E-state index contributed by atoms with van der Waals surface area (Å²) in [5.41, 5.74) is 0.357. The van der Waals surface area contributed by atoms with Crippen LogP contribution in [0.3, 0.4) is 0 Å². The Kier molecular flexibility index (Phi) is 6.28. The van der Waals surface area contributed by atoms with Crippen LogP contribution >= 0.6 is 0 Å². The van der Waals surface area contributed by atoms with Crippen LogP contribution in [0.4, 0.5) is 0 Å². The van der Waals surface area contributed by atoms with Gasteiger partial charge in [0.25, 0.3) is 5.91 Å². The second-order valence-corrected chi connectivity index (χ2v) is 5.00. The highest BCUT2D eigenvalue weighted by molar-refractivity contribution is 5.96. The monoisotopic (exact) mass is 289 g/mol. The molecule has 1 amide bonds. The summed E-state index contributed by atoms with van der Waals surface area (Å²) in [7, 11) is 0. The maximum Gasteiger partial charge on any atom is 0.327 e. The number of hydrogen-bond donors (Lipinski definition) is 2. The van der Waals surface area contributed by atoms with Gasteiger partial charge >= 0.3 is 5.97 Å². The van der Waals surface area contributed by atoms with E-state index in [0.717, 1.165) is 0 Å². The number of aliphatic carboxylic acids is 1. The van der Waals surface area contributed by atoms with E-state index < -0.39 is 17.9 Å². The highest BCUT2D eigenvalue weighted by atomic mass is 16.5. The van der Waals surface area contributed by atoms with Crippen molar-refractivity contribution in [3.63, 3.8) is 0 Å². The predicted octanol–water partition coefficient (Wildman–Crippen LogP) is 1.93. The molecular weight excluding hydrogens is 270 g/mol. The lowest BCUT2D eigenvalue weighted by Gasteiger charge is -2.12. The lowest BCUT2D eigenvalue weighted by Crippen LogP contribution is -2.40. The van der Waals surface area contributed by atoms with Crippen molar-refractivity contribution in [1.82, 2.24) is 5.32 Å². The Morgan fingerprint density at radius 3 is 2.43 bits per heavy atom. The number of ether oxygens (including phenoxy) is 1. The summed E-state index contributed by atoms with van der Waals surface area (Å²) in [6, 6.07) is 5.43. The van der Waals surface area contributed by atoms with Gasteiger partial charge in [-0.2, -0.15) is 0 Å². The molecule has 2 N–H and O–H groups in total. The van der Waals surface area contributed by atoms with Crippen LogP contribution in [-0.2, 0) is 4.79 Å². The molecule has 1 aromatic rings. The maximum absolute atomic E-state index is 11.9. The molecule has 0 aliphatic rings. The molecule has 0 aliphatic heterocycles. The number of hydrogen-bond acceptors (Lipinski definition) is 3. The Balaban J connectivity index is 2.66. The zero-order valence-corrected chi connectivity index (χ0v) is 12.1. The molecule has 0 saturated heterocycles. The summed E-state index contributed by atoms with van der Waals surface area (Å²) in [4.78, 5) is 22.9. The number of carboxylic acids is 1. The average molecular weight is 289 g/mol. The molecule has 1 unspecified atom stereocenters. The van der Waals surface area contributed by atoms with Gasteiger partial charge < -0.3 is 15.2 Å². The van der Waals surface area contributed by atoms with E-state index in [2.05, 4.69) is 11.2 Å². The number of rotatable bonds is 7. The van der Waals surface area contributed by atoms with Gasteiger partial charge in [0.15, 0.2) is 0 Å². The molecular formula is C16H19NO4. The molecule has 0 bridgehead atoms. The lowest BCUT2D eigenvalue weighted by atomic mass is 10.1. The molecule has 21 heavy (non-hydrogen) atoms. The van der Waals surface area contributed by atoms with Crippen LogP contribution in [0.5, 0.6) is 5.75 Å². The molecule has 0 aromatic heterocycles. The van der Waals surface area contributed by atoms with Crippen molar-refractivity contribution in [1.29, 1.82) is 0 Å². The lowest BCUT2D eigenvalue weighted by molar-refractivity contribution is -0.139. The second kappa shape index (κ2) is 7.95. The first-order valence-corrected chi connectivity index (χ1v) is 6.64. The molecule has 0 heterocycles. The first-order valence-electron chi connectivity index (χ1n) is 6.64. The molecule has 112 valence electrons. The third kappa shape index (κ3) is 5.57.